The first kappa shape index (κ1) is 17.5. The number of para-hydroxylation sites is 1. The molecule has 1 aromatic rings. The number of hydrogen-bond donors (Lipinski definition) is 1. The number of benzene rings is 1. The van der Waals surface area contributed by atoms with Crippen LogP contribution in [-0.2, 0) is 9.53 Å². The van der Waals surface area contributed by atoms with Crippen LogP contribution in [0.4, 0.5) is 5.69 Å². The lowest BCUT2D eigenvalue weighted by molar-refractivity contribution is -0.145. The average Bonchev–Trinajstić information content (AvgIpc) is 2.48. The third-order valence-electron chi connectivity index (χ3n) is 3.55. The van der Waals surface area contributed by atoms with E-state index in [-0.39, 0.29) is 12.0 Å². The molecule has 0 amide bonds. The summed E-state index contributed by atoms with van der Waals surface area (Å²) in [5, 5.41) is 3.21. The van der Waals surface area contributed by atoms with Gasteiger partial charge in [-0.2, -0.15) is 0 Å². The van der Waals surface area contributed by atoms with Crippen molar-refractivity contribution in [2.24, 2.45) is 0 Å². The van der Waals surface area contributed by atoms with E-state index in [9.17, 15) is 4.79 Å². The van der Waals surface area contributed by atoms with Gasteiger partial charge in [-0.3, -0.25) is 4.79 Å². The van der Waals surface area contributed by atoms with Gasteiger partial charge in [0.05, 0.1) is 6.61 Å². The molecule has 0 aromatic heterocycles. The molecule has 0 aliphatic rings. The van der Waals surface area contributed by atoms with E-state index in [1.165, 1.54) is 11.3 Å². The number of aryl methyl sites for hydroxylation is 1. The number of carbonyl (C=O) groups is 1. The number of nitrogens with zero attached hydrogens (tertiary/aromatic N) is 1. The van der Waals surface area contributed by atoms with Crippen molar-refractivity contribution in [2.75, 3.05) is 31.1 Å². The van der Waals surface area contributed by atoms with Gasteiger partial charge in [0.1, 0.15) is 6.04 Å². The van der Waals surface area contributed by atoms with Crippen molar-refractivity contribution >= 4 is 11.7 Å². The first-order valence-electron chi connectivity index (χ1n) is 7.84. The smallest absolute Gasteiger partial charge is 0.323 e. The van der Waals surface area contributed by atoms with Gasteiger partial charge in [0.25, 0.3) is 0 Å². The van der Waals surface area contributed by atoms with Crippen LogP contribution in [-0.4, -0.2) is 38.3 Å². The topological polar surface area (TPSA) is 41.6 Å². The van der Waals surface area contributed by atoms with E-state index < -0.39 is 0 Å². The Labute approximate surface area is 128 Å². The maximum Gasteiger partial charge on any atom is 0.323 e. The molecule has 1 atom stereocenters. The fourth-order valence-corrected chi connectivity index (χ4v) is 2.44. The summed E-state index contributed by atoms with van der Waals surface area (Å²) in [7, 11) is 0. The Morgan fingerprint density at radius 2 is 2.00 bits per heavy atom. The van der Waals surface area contributed by atoms with Crippen LogP contribution in [0.1, 0.15) is 32.8 Å². The molecule has 118 valence electrons. The number of anilines is 1. The highest BCUT2D eigenvalue weighted by Crippen LogP contribution is 2.19. The first-order valence-corrected chi connectivity index (χ1v) is 7.84. The second-order valence-electron chi connectivity index (χ2n) is 5.02. The quantitative estimate of drug-likeness (QED) is 0.711. The van der Waals surface area contributed by atoms with E-state index in [2.05, 4.69) is 42.3 Å². The number of ether oxygens (including phenoxy) is 1. The number of likely N-dealkylation sites (N-methyl/N-ethyl adjacent to an activating group) is 1. The van der Waals surface area contributed by atoms with Gasteiger partial charge in [0, 0.05) is 18.8 Å². The Morgan fingerprint density at radius 1 is 1.29 bits per heavy atom. The molecule has 0 radical (unpaired) electrons. The van der Waals surface area contributed by atoms with Gasteiger partial charge in [0.2, 0.25) is 0 Å². The third-order valence-corrected chi connectivity index (χ3v) is 3.55. The summed E-state index contributed by atoms with van der Waals surface area (Å²) in [5.41, 5.74) is 2.49. The summed E-state index contributed by atoms with van der Waals surface area (Å²) < 4.78 is 5.13. The Morgan fingerprint density at radius 3 is 2.57 bits per heavy atom. The molecule has 0 heterocycles. The van der Waals surface area contributed by atoms with Crippen LogP contribution in [0.25, 0.3) is 0 Å². The molecule has 0 spiro atoms. The van der Waals surface area contributed by atoms with Gasteiger partial charge in [0.15, 0.2) is 0 Å². The van der Waals surface area contributed by atoms with Crippen molar-refractivity contribution in [3.8, 4) is 0 Å². The second-order valence-corrected chi connectivity index (χ2v) is 5.02. The molecule has 1 aromatic carbocycles. The van der Waals surface area contributed by atoms with Gasteiger partial charge >= 0.3 is 5.97 Å². The molecule has 1 unspecified atom stereocenters. The van der Waals surface area contributed by atoms with Crippen molar-refractivity contribution in [1.82, 2.24) is 5.32 Å². The minimum atomic E-state index is -0.229. The normalized spacial score (nSPS) is 12.0. The summed E-state index contributed by atoms with van der Waals surface area (Å²) >= 11 is 0. The summed E-state index contributed by atoms with van der Waals surface area (Å²) in [6.45, 7) is 11.0. The summed E-state index contributed by atoms with van der Waals surface area (Å²) in [6.07, 6.45) is 0.745. The standard InChI is InChI=1S/C17H28N2O2/c1-5-18-15(17(20)21-7-3)12-13-19(6-2)16-11-9-8-10-14(16)4/h8-11,15,18H,5-7,12-13H2,1-4H3. The zero-order chi connectivity index (χ0) is 15.7. The molecule has 0 aliphatic carbocycles. The third kappa shape index (κ3) is 5.38. The second kappa shape index (κ2) is 9.40. The summed E-state index contributed by atoms with van der Waals surface area (Å²) in [5.74, 6) is -0.153. The predicted octanol–water partition coefficient (Wildman–Crippen LogP) is 2.75. The molecule has 0 saturated heterocycles. The Balaban J connectivity index is 2.68. The fraction of sp³-hybridized carbons (Fsp3) is 0.588. The largest absolute Gasteiger partial charge is 0.465 e. The molecule has 1 N–H and O–H groups in total. The monoisotopic (exact) mass is 292 g/mol. The molecule has 4 heteroatoms. The van der Waals surface area contributed by atoms with E-state index in [4.69, 9.17) is 4.74 Å². The van der Waals surface area contributed by atoms with Gasteiger partial charge in [-0.05, 0) is 45.4 Å². The Hall–Kier alpha value is -1.55. The van der Waals surface area contributed by atoms with E-state index in [0.29, 0.717) is 6.61 Å². The van der Waals surface area contributed by atoms with E-state index >= 15 is 0 Å². The van der Waals surface area contributed by atoms with Crippen LogP contribution in [0.15, 0.2) is 24.3 Å². The average molecular weight is 292 g/mol. The van der Waals surface area contributed by atoms with Crippen LogP contribution in [0.5, 0.6) is 0 Å². The predicted molar refractivity (Wildman–Crippen MR) is 87.8 cm³/mol. The van der Waals surface area contributed by atoms with Gasteiger partial charge in [-0.1, -0.05) is 25.1 Å². The van der Waals surface area contributed by atoms with Crippen molar-refractivity contribution in [3.63, 3.8) is 0 Å². The van der Waals surface area contributed by atoms with Crippen molar-refractivity contribution in [3.05, 3.63) is 29.8 Å². The molecule has 4 nitrogen and oxygen atoms in total. The molecule has 0 aliphatic heterocycles. The van der Waals surface area contributed by atoms with Crippen molar-refractivity contribution < 1.29 is 9.53 Å². The maximum absolute atomic E-state index is 11.9. The number of carbonyl (C=O) groups excluding carboxylic acids is 1. The van der Waals surface area contributed by atoms with E-state index in [1.807, 2.05) is 19.9 Å². The zero-order valence-electron chi connectivity index (χ0n) is 13.7. The number of esters is 1. The SMILES string of the molecule is CCNC(CCN(CC)c1ccccc1C)C(=O)OCC. The van der Waals surface area contributed by atoms with Crippen LogP contribution in [0.2, 0.25) is 0 Å². The lowest BCUT2D eigenvalue weighted by Crippen LogP contribution is -2.41. The minimum absolute atomic E-state index is 0.153. The molecule has 0 bridgehead atoms. The fourth-order valence-electron chi connectivity index (χ4n) is 2.44. The van der Waals surface area contributed by atoms with Crippen molar-refractivity contribution in [2.45, 2.75) is 40.2 Å². The van der Waals surface area contributed by atoms with Crippen LogP contribution in [0, 0.1) is 6.92 Å². The zero-order valence-corrected chi connectivity index (χ0v) is 13.7. The van der Waals surface area contributed by atoms with Crippen LogP contribution >= 0.6 is 0 Å². The maximum atomic E-state index is 11.9. The number of rotatable bonds is 9. The van der Waals surface area contributed by atoms with E-state index in [0.717, 1.165) is 26.1 Å². The van der Waals surface area contributed by atoms with Gasteiger partial charge in [-0.15, -0.1) is 0 Å². The molecule has 1 rings (SSSR count). The number of hydrogen-bond acceptors (Lipinski definition) is 4. The molecular formula is C17H28N2O2. The summed E-state index contributed by atoms with van der Waals surface area (Å²) in [4.78, 5) is 14.2. The Bertz CT molecular complexity index is 435. The Kier molecular flexibility index (Phi) is 7.83. The van der Waals surface area contributed by atoms with Crippen LogP contribution < -0.4 is 10.2 Å². The minimum Gasteiger partial charge on any atom is -0.465 e. The lowest BCUT2D eigenvalue weighted by atomic mass is 10.1. The molecule has 0 saturated carbocycles. The van der Waals surface area contributed by atoms with Gasteiger partial charge < -0.3 is 15.0 Å². The summed E-state index contributed by atoms with van der Waals surface area (Å²) in [6, 6.07) is 8.12. The van der Waals surface area contributed by atoms with E-state index in [1.54, 1.807) is 0 Å². The molecule has 0 fully saturated rings. The molecule has 21 heavy (non-hydrogen) atoms. The first-order chi connectivity index (χ1) is 10.1. The highest BCUT2D eigenvalue weighted by molar-refractivity contribution is 5.75. The molecular weight excluding hydrogens is 264 g/mol. The van der Waals surface area contributed by atoms with Crippen LogP contribution in [0.3, 0.4) is 0 Å². The van der Waals surface area contributed by atoms with Gasteiger partial charge in [-0.25, -0.2) is 0 Å². The lowest BCUT2D eigenvalue weighted by Gasteiger charge is -2.27. The highest BCUT2D eigenvalue weighted by Gasteiger charge is 2.19. The van der Waals surface area contributed by atoms with Crippen molar-refractivity contribution in [1.29, 1.82) is 0 Å². The highest BCUT2D eigenvalue weighted by atomic mass is 16.5. The number of nitrogens with one attached hydrogen (secondary N) is 1.